The Morgan fingerprint density at radius 1 is 1.18 bits per heavy atom. The fourth-order valence-corrected chi connectivity index (χ4v) is 2.64. The monoisotopic (exact) mass is 405 g/mol. The molecular formula is C20H14ClF2NO4. The predicted octanol–water partition coefficient (Wildman–Crippen LogP) is 4.76. The molecule has 144 valence electrons. The molecule has 0 bridgehead atoms. The molecule has 0 saturated carbocycles. The number of carbonyl (C=O) groups excluding carboxylic acids is 1. The molecule has 2 aromatic carbocycles. The number of esters is 1. The van der Waals surface area contributed by atoms with Crippen LogP contribution in [-0.4, -0.2) is 25.6 Å². The Morgan fingerprint density at radius 3 is 2.61 bits per heavy atom. The second kappa shape index (κ2) is 8.67. The van der Waals surface area contributed by atoms with Crippen LogP contribution in [0.15, 0.2) is 70.3 Å². The molecule has 1 aliphatic rings. The first-order valence-corrected chi connectivity index (χ1v) is 8.42. The zero-order valence-electron chi connectivity index (χ0n) is 14.6. The zero-order valence-corrected chi connectivity index (χ0v) is 15.3. The molecule has 0 fully saturated rings. The molecule has 0 radical (unpaired) electrons. The molecule has 0 aliphatic carbocycles. The summed E-state index contributed by atoms with van der Waals surface area (Å²) in [6.07, 6.45) is 3.06. The van der Waals surface area contributed by atoms with Crippen LogP contribution in [0.4, 0.5) is 8.78 Å². The average Bonchev–Trinajstić information content (AvgIpc) is 3.02. The SMILES string of the molecule is COc1cc(C2=N/C(=C/C(Cl)=C/c3ccccc3)C(=O)O2)ccc1OC(F)F. The number of hydrogen-bond acceptors (Lipinski definition) is 5. The lowest BCUT2D eigenvalue weighted by Gasteiger charge is -2.10. The van der Waals surface area contributed by atoms with E-state index in [1.54, 1.807) is 6.08 Å². The highest BCUT2D eigenvalue weighted by Gasteiger charge is 2.25. The third kappa shape index (κ3) is 4.75. The van der Waals surface area contributed by atoms with Gasteiger partial charge in [-0.15, -0.1) is 0 Å². The van der Waals surface area contributed by atoms with Crippen molar-refractivity contribution in [2.45, 2.75) is 6.61 Å². The van der Waals surface area contributed by atoms with Gasteiger partial charge in [-0.1, -0.05) is 41.9 Å². The lowest BCUT2D eigenvalue weighted by Crippen LogP contribution is -2.07. The van der Waals surface area contributed by atoms with Crippen LogP contribution in [0.5, 0.6) is 11.5 Å². The maximum atomic E-state index is 12.4. The van der Waals surface area contributed by atoms with Gasteiger partial charge in [0.25, 0.3) is 0 Å². The number of rotatable bonds is 6. The van der Waals surface area contributed by atoms with Crippen molar-refractivity contribution in [1.29, 1.82) is 0 Å². The Bertz CT molecular complexity index is 971. The van der Waals surface area contributed by atoms with E-state index in [2.05, 4.69) is 9.73 Å². The largest absolute Gasteiger partial charge is 0.493 e. The molecule has 0 amide bonds. The van der Waals surface area contributed by atoms with Gasteiger partial charge in [0.2, 0.25) is 5.90 Å². The van der Waals surface area contributed by atoms with Gasteiger partial charge >= 0.3 is 12.6 Å². The van der Waals surface area contributed by atoms with Crippen LogP contribution in [0.25, 0.3) is 6.08 Å². The highest BCUT2D eigenvalue weighted by molar-refractivity contribution is 6.33. The number of ether oxygens (including phenoxy) is 3. The minimum absolute atomic E-state index is 0.00215. The van der Waals surface area contributed by atoms with E-state index >= 15 is 0 Å². The highest BCUT2D eigenvalue weighted by atomic mass is 35.5. The van der Waals surface area contributed by atoms with Gasteiger partial charge in [0.05, 0.1) is 7.11 Å². The molecule has 1 heterocycles. The number of carbonyl (C=O) groups is 1. The Hall–Kier alpha value is -3.19. The Labute approximate surface area is 164 Å². The normalized spacial score (nSPS) is 15.6. The van der Waals surface area contributed by atoms with Crippen LogP contribution in [0.3, 0.4) is 0 Å². The summed E-state index contributed by atoms with van der Waals surface area (Å²) in [5.74, 6) is -0.768. The topological polar surface area (TPSA) is 57.1 Å². The van der Waals surface area contributed by atoms with Crippen LogP contribution in [-0.2, 0) is 9.53 Å². The van der Waals surface area contributed by atoms with Crippen molar-refractivity contribution in [1.82, 2.24) is 0 Å². The highest BCUT2D eigenvalue weighted by Crippen LogP contribution is 2.31. The maximum Gasteiger partial charge on any atom is 0.387 e. The third-order valence-corrected chi connectivity index (χ3v) is 3.84. The molecule has 0 saturated heterocycles. The molecule has 3 rings (SSSR count). The van der Waals surface area contributed by atoms with Crippen molar-refractivity contribution in [3.63, 3.8) is 0 Å². The van der Waals surface area contributed by atoms with Crippen LogP contribution < -0.4 is 9.47 Å². The molecule has 0 atom stereocenters. The number of cyclic esters (lactones) is 1. The Kier molecular flexibility index (Phi) is 6.06. The second-order valence-electron chi connectivity index (χ2n) is 5.52. The van der Waals surface area contributed by atoms with Crippen molar-refractivity contribution >= 4 is 29.5 Å². The summed E-state index contributed by atoms with van der Waals surface area (Å²) in [6, 6.07) is 13.4. The molecule has 28 heavy (non-hydrogen) atoms. The lowest BCUT2D eigenvalue weighted by molar-refractivity contribution is -0.130. The van der Waals surface area contributed by atoms with E-state index in [-0.39, 0.29) is 23.1 Å². The first-order chi connectivity index (χ1) is 13.5. The van der Waals surface area contributed by atoms with Crippen molar-refractivity contribution in [2.24, 2.45) is 4.99 Å². The van der Waals surface area contributed by atoms with Crippen LogP contribution >= 0.6 is 11.6 Å². The third-order valence-electron chi connectivity index (χ3n) is 3.63. The maximum absolute atomic E-state index is 12.4. The fraction of sp³-hybridized carbons (Fsp3) is 0.100. The molecule has 0 N–H and O–H groups in total. The molecule has 0 aromatic heterocycles. The molecule has 1 aliphatic heterocycles. The van der Waals surface area contributed by atoms with Crippen LogP contribution in [0.2, 0.25) is 0 Å². The van der Waals surface area contributed by atoms with E-state index in [0.29, 0.717) is 10.6 Å². The summed E-state index contributed by atoms with van der Waals surface area (Å²) in [7, 11) is 1.30. The van der Waals surface area contributed by atoms with Crippen LogP contribution in [0, 0.1) is 0 Å². The summed E-state index contributed by atoms with van der Waals surface area (Å²) < 4.78 is 39.4. The van der Waals surface area contributed by atoms with E-state index in [1.807, 2.05) is 30.3 Å². The first-order valence-electron chi connectivity index (χ1n) is 8.04. The van der Waals surface area contributed by atoms with Gasteiger partial charge < -0.3 is 14.2 Å². The molecule has 8 heteroatoms. The summed E-state index contributed by atoms with van der Waals surface area (Å²) in [4.78, 5) is 16.2. The predicted molar refractivity (Wildman–Crippen MR) is 101 cm³/mol. The van der Waals surface area contributed by atoms with E-state index in [0.717, 1.165) is 5.56 Å². The standard InChI is InChI=1S/C20H14ClF2NO4/c1-26-17-10-13(7-8-16(17)27-20(22)23)18-24-15(19(25)28-18)11-14(21)9-12-5-3-2-4-6-12/h2-11,20H,1H3/b14-9-,15-11+. The number of alkyl halides is 2. The van der Waals surface area contributed by atoms with E-state index in [4.69, 9.17) is 21.1 Å². The molecule has 0 unspecified atom stereocenters. The Morgan fingerprint density at radius 2 is 1.93 bits per heavy atom. The van der Waals surface area contributed by atoms with Gasteiger partial charge in [0.15, 0.2) is 17.2 Å². The fourth-order valence-electron chi connectivity index (χ4n) is 2.41. The smallest absolute Gasteiger partial charge is 0.387 e. The van der Waals surface area contributed by atoms with Gasteiger partial charge in [-0.25, -0.2) is 9.79 Å². The summed E-state index contributed by atoms with van der Waals surface area (Å²) in [5.41, 5.74) is 1.23. The summed E-state index contributed by atoms with van der Waals surface area (Å²) in [5, 5.41) is 0.293. The molecular weight excluding hydrogens is 392 g/mol. The quantitative estimate of drug-likeness (QED) is 0.513. The number of methoxy groups -OCH3 is 1. The number of benzene rings is 2. The number of aliphatic imine (C=N–C) groups is 1. The second-order valence-corrected chi connectivity index (χ2v) is 5.96. The number of halogens is 3. The van der Waals surface area contributed by atoms with Gasteiger partial charge in [0, 0.05) is 10.6 Å². The van der Waals surface area contributed by atoms with Crippen molar-refractivity contribution in [3.8, 4) is 11.5 Å². The average molecular weight is 406 g/mol. The zero-order chi connectivity index (χ0) is 20.1. The van der Waals surface area contributed by atoms with Crippen molar-refractivity contribution in [2.75, 3.05) is 7.11 Å². The summed E-state index contributed by atoms with van der Waals surface area (Å²) in [6.45, 7) is -2.99. The lowest BCUT2D eigenvalue weighted by atomic mass is 10.2. The number of allylic oxidation sites excluding steroid dienone is 2. The van der Waals surface area contributed by atoms with Gasteiger partial charge in [-0.05, 0) is 35.9 Å². The molecule has 2 aromatic rings. The van der Waals surface area contributed by atoms with Crippen molar-refractivity contribution < 1.29 is 27.8 Å². The van der Waals surface area contributed by atoms with E-state index in [9.17, 15) is 13.6 Å². The number of nitrogens with zero attached hydrogens (tertiary/aromatic N) is 1. The van der Waals surface area contributed by atoms with Crippen LogP contribution in [0.1, 0.15) is 11.1 Å². The van der Waals surface area contributed by atoms with Crippen molar-refractivity contribution in [3.05, 3.63) is 76.5 Å². The molecule has 5 nitrogen and oxygen atoms in total. The van der Waals surface area contributed by atoms with Gasteiger partial charge in [0.1, 0.15) is 0 Å². The minimum Gasteiger partial charge on any atom is -0.493 e. The van der Waals surface area contributed by atoms with E-state index < -0.39 is 12.6 Å². The van der Waals surface area contributed by atoms with E-state index in [1.165, 1.54) is 31.4 Å². The Balaban J connectivity index is 1.86. The first kappa shape index (κ1) is 19.6. The summed E-state index contributed by atoms with van der Waals surface area (Å²) >= 11 is 6.17. The van der Waals surface area contributed by atoms with Gasteiger partial charge in [-0.2, -0.15) is 8.78 Å². The minimum atomic E-state index is -2.99. The van der Waals surface area contributed by atoms with Gasteiger partial charge in [-0.3, -0.25) is 0 Å². The molecule has 0 spiro atoms. The number of hydrogen-bond donors (Lipinski definition) is 0.